The van der Waals surface area contributed by atoms with Crippen LogP contribution in [0.5, 0.6) is 0 Å². The summed E-state index contributed by atoms with van der Waals surface area (Å²) in [5, 5.41) is 13.5. The number of nitrogens with zero attached hydrogens (tertiary/aromatic N) is 3. The summed E-state index contributed by atoms with van der Waals surface area (Å²) in [5.74, 6) is -1.76. The SMILES string of the molecule is CS(=O)(=O)N1CCCC(c2cnc(N)c([C@@](CO)(NC(=O)c3ccccc3F)c3ccccc3)n2)C1. The summed E-state index contributed by atoms with van der Waals surface area (Å²) in [5.41, 5.74) is 5.45. The molecule has 4 N–H and O–H groups in total. The molecule has 1 saturated heterocycles. The average Bonchev–Trinajstić information content (AvgIpc) is 2.88. The number of amides is 1. The van der Waals surface area contributed by atoms with Gasteiger partial charge >= 0.3 is 0 Å². The highest BCUT2D eigenvalue weighted by Crippen LogP contribution is 2.34. The average molecular weight is 514 g/mol. The smallest absolute Gasteiger partial charge is 0.255 e. The van der Waals surface area contributed by atoms with Crippen molar-refractivity contribution in [3.8, 4) is 0 Å². The summed E-state index contributed by atoms with van der Waals surface area (Å²) in [6, 6.07) is 14.1. The molecule has 0 spiro atoms. The lowest BCUT2D eigenvalue weighted by molar-refractivity contribution is 0.0861. The number of piperidine rings is 1. The zero-order valence-corrected chi connectivity index (χ0v) is 20.6. The van der Waals surface area contributed by atoms with Crippen LogP contribution in [0.25, 0.3) is 0 Å². The quantitative estimate of drug-likeness (QED) is 0.439. The number of nitrogen functional groups attached to an aromatic ring is 1. The molecule has 36 heavy (non-hydrogen) atoms. The van der Waals surface area contributed by atoms with Gasteiger partial charge in [-0.05, 0) is 30.5 Å². The van der Waals surface area contributed by atoms with Crippen molar-refractivity contribution in [2.24, 2.45) is 0 Å². The molecule has 2 aromatic carbocycles. The van der Waals surface area contributed by atoms with E-state index in [1.165, 1.54) is 41.0 Å². The van der Waals surface area contributed by atoms with E-state index in [9.17, 15) is 22.7 Å². The van der Waals surface area contributed by atoms with Gasteiger partial charge in [0.1, 0.15) is 22.9 Å². The fourth-order valence-corrected chi connectivity index (χ4v) is 5.42. The molecular formula is C25H28FN5O4S. The molecule has 0 saturated carbocycles. The molecule has 1 aliphatic rings. The fraction of sp³-hybridized carbons (Fsp3) is 0.320. The molecule has 2 atom stereocenters. The molecule has 1 aromatic heterocycles. The summed E-state index contributed by atoms with van der Waals surface area (Å²) < 4.78 is 40.0. The molecular weight excluding hydrogens is 485 g/mol. The number of aromatic nitrogens is 2. The first kappa shape index (κ1) is 25.7. The zero-order valence-electron chi connectivity index (χ0n) is 19.8. The first-order chi connectivity index (χ1) is 17.2. The number of nitrogens with one attached hydrogen (secondary N) is 1. The largest absolute Gasteiger partial charge is 0.393 e. The van der Waals surface area contributed by atoms with E-state index in [1.54, 1.807) is 30.3 Å². The number of carbonyl (C=O) groups is 1. The first-order valence-corrected chi connectivity index (χ1v) is 13.3. The Balaban J connectivity index is 1.81. The van der Waals surface area contributed by atoms with Crippen molar-refractivity contribution in [3.05, 3.63) is 89.1 Å². The van der Waals surface area contributed by atoms with Crippen LogP contribution in [0.1, 0.15) is 46.1 Å². The molecule has 0 bridgehead atoms. The van der Waals surface area contributed by atoms with Crippen LogP contribution in [-0.4, -0.2) is 59.7 Å². The van der Waals surface area contributed by atoms with Gasteiger partial charge in [-0.2, -0.15) is 0 Å². The van der Waals surface area contributed by atoms with Crippen LogP contribution in [0.3, 0.4) is 0 Å². The summed E-state index contributed by atoms with van der Waals surface area (Å²) in [6.07, 6.45) is 3.98. The van der Waals surface area contributed by atoms with E-state index in [-0.39, 0.29) is 29.5 Å². The predicted molar refractivity (Wildman–Crippen MR) is 133 cm³/mol. The highest BCUT2D eigenvalue weighted by atomic mass is 32.2. The molecule has 4 rings (SSSR count). The topological polar surface area (TPSA) is 139 Å². The molecule has 9 nitrogen and oxygen atoms in total. The number of sulfonamides is 1. The van der Waals surface area contributed by atoms with Crippen molar-refractivity contribution in [3.63, 3.8) is 0 Å². The van der Waals surface area contributed by atoms with Gasteiger partial charge in [0.15, 0.2) is 0 Å². The third-order valence-corrected chi connectivity index (χ3v) is 7.71. The van der Waals surface area contributed by atoms with E-state index in [4.69, 9.17) is 10.7 Å². The van der Waals surface area contributed by atoms with E-state index in [0.717, 1.165) is 0 Å². The normalized spacial score (nSPS) is 18.4. The fourth-order valence-electron chi connectivity index (χ4n) is 4.51. The van der Waals surface area contributed by atoms with Crippen molar-refractivity contribution >= 4 is 21.7 Å². The number of rotatable bonds is 7. The van der Waals surface area contributed by atoms with Crippen LogP contribution in [0, 0.1) is 5.82 Å². The second-order valence-electron chi connectivity index (χ2n) is 8.85. The van der Waals surface area contributed by atoms with Crippen LogP contribution in [0.15, 0.2) is 60.8 Å². The molecule has 1 fully saturated rings. The van der Waals surface area contributed by atoms with E-state index in [0.29, 0.717) is 30.6 Å². The van der Waals surface area contributed by atoms with Crippen LogP contribution in [-0.2, 0) is 15.6 Å². The minimum Gasteiger partial charge on any atom is -0.393 e. The standard InChI is InChI=1S/C25H28FN5O4S/c1-36(34,35)31-13-7-8-17(15-31)21-14-28-23(27)22(29-21)25(16-32,18-9-3-2-4-10-18)30-24(33)19-11-5-6-12-20(19)26/h2-6,9-12,14,17,32H,7-8,13,15-16H2,1H3,(H2,27,28)(H,30,33)/t17?,25-/m0/s1. The lowest BCUT2D eigenvalue weighted by Crippen LogP contribution is -2.51. The van der Waals surface area contributed by atoms with E-state index in [1.807, 2.05) is 0 Å². The molecule has 0 aliphatic carbocycles. The van der Waals surface area contributed by atoms with Crippen LogP contribution in [0.4, 0.5) is 10.2 Å². The lowest BCUT2D eigenvalue weighted by atomic mass is 9.85. The Bertz CT molecular complexity index is 1360. The molecule has 3 aromatic rings. The molecule has 1 aliphatic heterocycles. The number of aliphatic hydroxyl groups is 1. The van der Waals surface area contributed by atoms with Crippen LogP contribution >= 0.6 is 0 Å². The monoisotopic (exact) mass is 513 g/mol. The van der Waals surface area contributed by atoms with E-state index >= 15 is 0 Å². The number of hydrogen-bond acceptors (Lipinski definition) is 7. The van der Waals surface area contributed by atoms with Gasteiger partial charge in [0.25, 0.3) is 5.91 Å². The molecule has 1 amide bonds. The Morgan fingerprint density at radius 3 is 2.58 bits per heavy atom. The molecule has 0 radical (unpaired) electrons. The first-order valence-electron chi connectivity index (χ1n) is 11.5. The van der Waals surface area contributed by atoms with Crippen molar-refractivity contribution < 1.29 is 22.7 Å². The molecule has 190 valence electrons. The number of anilines is 1. The van der Waals surface area contributed by atoms with Crippen molar-refractivity contribution in [1.82, 2.24) is 19.6 Å². The number of benzene rings is 2. The zero-order chi connectivity index (χ0) is 25.9. The van der Waals surface area contributed by atoms with Gasteiger partial charge < -0.3 is 16.2 Å². The Kier molecular flexibility index (Phi) is 7.34. The Morgan fingerprint density at radius 2 is 1.92 bits per heavy atom. The minimum atomic E-state index is -3.38. The summed E-state index contributed by atoms with van der Waals surface area (Å²) >= 11 is 0. The second-order valence-corrected chi connectivity index (χ2v) is 10.8. The highest BCUT2D eigenvalue weighted by molar-refractivity contribution is 7.88. The summed E-state index contributed by atoms with van der Waals surface area (Å²) in [4.78, 5) is 22.2. The lowest BCUT2D eigenvalue weighted by Gasteiger charge is -2.35. The number of aliphatic hydroxyl groups excluding tert-OH is 1. The molecule has 11 heteroatoms. The van der Waals surface area contributed by atoms with Crippen LogP contribution < -0.4 is 11.1 Å². The molecule has 1 unspecified atom stereocenters. The van der Waals surface area contributed by atoms with Gasteiger partial charge in [-0.15, -0.1) is 0 Å². The number of carbonyl (C=O) groups excluding carboxylic acids is 1. The van der Waals surface area contributed by atoms with Gasteiger partial charge in [0, 0.05) is 19.0 Å². The Morgan fingerprint density at radius 1 is 1.22 bits per heavy atom. The minimum absolute atomic E-state index is 0.0266. The van der Waals surface area contributed by atoms with Crippen LogP contribution in [0.2, 0.25) is 0 Å². The van der Waals surface area contributed by atoms with Gasteiger partial charge in [-0.1, -0.05) is 42.5 Å². The Labute approximate surface area is 209 Å². The summed E-state index contributed by atoms with van der Waals surface area (Å²) in [6.45, 7) is 0.0173. The Hall–Kier alpha value is -3.41. The van der Waals surface area contributed by atoms with Gasteiger partial charge in [-0.3, -0.25) is 4.79 Å². The maximum Gasteiger partial charge on any atom is 0.255 e. The third-order valence-electron chi connectivity index (χ3n) is 6.44. The number of hydrogen-bond donors (Lipinski definition) is 3. The predicted octanol–water partition coefficient (Wildman–Crippen LogP) is 2.00. The van der Waals surface area contributed by atoms with Gasteiger partial charge in [0.05, 0.1) is 30.3 Å². The second kappa shape index (κ2) is 10.3. The van der Waals surface area contributed by atoms with Crippen molar-refractivity contribution in [2.75, 3.05) is 31.7 Å². The van der Waals surface area contributed by atoms with Gasteiger partial charge in [-0.25, -0.2) is 27.1 Å². The van der Waals surface area contributed by atoms with E-state index < -0.39 is 33.9 Å². The number of nitrogens with two attached hydrogens (primary N) is 1. The third kappa shape index (κ3) is 5.08. The van der Waals surface area contributed by atoms with Gasteiger partial charge in [0.2, 0.25) is 10.0 Å². The number of halogens is 1. The maximum absolute atomic E-state index is 14.4. The maximum atomic E-state index is 14.4. The van der Waals surface area contributed by atoms with Crippen molar-refractivity contribution in [2.45, 2.75) is 24.3 Å². The highest BCUT2D eigenvalue weighted by Gasteiger charge is 2.41. The molecule has 2 heterocycles. The summed E-state index contributed by atoms with van der Waals surface area (Å²) in [7, 11) is -3.38. The van der Waals surface area contributed by atoms with E-state index in [2.05, 4.69) is 10.3 Å². The van der Waals surface area contributed by atoms with Crippen molar-refractivity contribution in [1.29, 1.82) is 0 Å².